The molecule has 0 amide bonds. The van der Waals surface area contributed by atoms with E-state index in [2.05, 4.69) is 18.8 Å². The van der Waals surface area contributed by atoms with Crippen molar-refractivity contribution in [2.45, 2.75) is 52.2 Å². The SMILES string of the molecule is CC1(C)CCC(Oc2ccc(Cl)c(CO)n2)CC1. The summed E-state index contributed by atoms with van der Waals surface area (Å²) < 4.78 is 5.87. The van der Waals surface area contributed by atoms with Crippen LogP contribution in [0.2, 0.25) is 5.02 Å². The summed E-state index contributed by atoms with van der Waals surface area (Å²) in [6, 6.07) is 3.49. The molecule has 100 valence electrons. The summed E-state index contributed by atoms with van der Waals surface area (Å²) in [4.78, 5) is 4.22. The zero-order valence-corrected chi connectivity index (χ0v) is 11.7. The Balaban J connectivity index is 1.98. The molecule has 1 aromatic rings. The molecule has 2 rings (SSSR count). The molecule has 0 radical (unpaired) electrons. The van der Waals surface area contributed by atoms with Crippen molar-refractivity contribution in [3.8, 4) is 5.88 Å². The van der Waals surface area contributed by atoms with E-state index in [0.29, 0.717) is 22.0 Å². The van der Waals surface area contributed by atoms with Crippen molar-refractivity contribution in [2.75, 3.05) is 0 Å². The Hall–Kier alpha value is -0.800. The van der Waals surface area contributed by atoms with Crippen LogP contribution in [0.4, 0.5) is 0 Å². The molecule has 1 heterocycles. The zero-order chi connectivity index (χ0) is 13.2. The molecule has 0 saturated heterocycles. The van der Waals surface area contributed by atoms with Crippen molar-refractivity contribution >= 4 is 11.6 Å². The van der Waals surface area contributed by atoms with Gasteiger partial charge in [-0.1, -0.05) is 25.4 Å². The van der Waals surface area contributed by atoms with Gasteiger partial charge in [-0.05, 0) is 37.2 Å². The van der Waals surface area contributed by atoms with E-state index >= 15 is 0 Å². The second kappa shape index (κ2) is 5.45. The van der Waals surface area contributed by atoms with E-state index in [1.54, 1.807) is 12.1 Å². The summed E-state index contributed by atoms with van der Waals surface area (Å²) in [6.45, 7) is 4.44. The summed E-state index contributed by atoms with van der Waals surface area (Å²) in [5.74, 6) is 0.563. The maximum Gasteiger partial charge on any atom is 0.213 e. The van der Waals surface area contributed by atoms with Crippen molar-refractivity contribution in [3.63, 3.8) is 0 Å². The Morgan fingerprint density at radius 3 is 2.67 bits per heavy atom. The Bertz CT molecular complexity index is 410. The Morgan fingerprint density at radius 2 is 2.06 bits per heavy atom. The standard InChI is InChI=1S/C14H20ClNO2/c1-14(2)7-5-10(6-8-14)18-13-4-3-11(15)12(9-17)16-13/h3-4,10,17H,5-9H2,1-2H3. The molecule has 0 spiro atoms. The van der Waals surface area contributed by atoms with Crippen LogP contribution in [0.25, 0.3) is 0 Å². The monoisotopic (exact) mass is 269 g/mol. The van der Waals surface area contributed by atoms with Crippen LogP contribution >= 0.6 is 11.6 Å². The number of aliphatic hydroxyl groups is 1. The third-order valence-electron chi connectivity index (χ3n) is 3.62. The molecule has 1 aliphatic carbocycles. The predicted octanol–water partition coefficient (Wildman–Crippen LogP) is 3.57. The highest BCUT2D eigenvalue weighted by Gasteiger charge is 2.28. The molecule has 0 aromatic carbocycles. The molecule has 1 fully saturated rings. The fraction of sp³-hybridized carbons (Fsp3) is 0.643. The van der Waals surface area contributed by atoms with Gasteiger partial charge in [-0.3, -0.25) is 0 Å². The number of hydrogen-bond donors (Lipinski definition) is 1. The summed E-state index contributed by atoms with van der Waals surface area (Å²) in [5, 5.41) is 9.60. The molecule has 1 saturated carbocycles. The molecule has 1 aromatic heterocycles. The minimum atomic E-state index is -0.159. The fourth-order valence-corrected chi connectivity index (χ4v) is 2.47. The number of rotatable bonds is 3. The van der Waals surface area contributed by atoms with Crippen molar-refractivity contribution in [1.82, 2.24) is 4.98 Å². The van der Waals surface area contributed by atoms with Gasteiger partial charge in [0, 0.05) is 6.07 Å². The highest BCUT2D eigenvalue weighted by molar-refractivity contribution is 6.31. The van der Waals surface area contributed by atoms with Gasteiger partial charge in [0.05, 0.1) is 17.3 Å². The molecule has 0 atom stereocenters. The highest BCUT2D eigenvalue weighted by Crippen LogP contribution is 2.36. The van der Waals surface area contributed by atoms with Crippen LogP contribution in [0.5, 0.6) is 5.88 Å². The smallest absolute Gasteiger partial charge is 0.213 e. The van der Waals surface area contributed by atoms with Gasteiger partial charge in [-0.25, -0.2) is 4.98 Å². The minimum Gasteiger partial charge on any atom is -0.474 e. The van der Waals surface area contributed by atoms with Crippen LogP contribution in [-0.4, -0.2) is 16.2 Å². The van der Waals surface area contributed by atoms with Crippen LogP contribution in [0.1, 0.15) is 45.2 Å². The number of aliphatic hydroxyl groups excluding tert-OH is 1. The first kappa shape index (κ1) is 13.6. The first-order valence-electron chi connectivity index (χ1n) is 6.43. The van der Waals surface area contributed by atoms with Crippen LogP contribution in [-0.2, 0) is 6.61 Å². The van der Waals surface area contributed by atoms with Crippen LogP contribution in [0, 0.1) is 5.41 Å². The number of pyridine rings is 1. The van der Waals surface area contributed by atoms with Gasteiger partial charge in [0.15, 0.2) is 0 Å². The molecule has 1 N–H and O–H groups in total. The average Bonchev–Trinajstić information content (AvgIpc) is 2.34. The van der Waals surface area contributed by atoms with Gasteiger partial charge in [0.25, 0.3) is 0 Å². The Morgan fingerprint density at radius 1 is 1.39 bits per heavy atom. The Labute approximate surface area is 113 Å². The first-order chi connectivity index (χ1) is 8.50. The van der Waals surface area contributed by atoms with E-state index in [9.17, 15) is 0 Å². The quantitative estimate of drug-likeness (QED) is 0.912. The van der Waals surface area contributed by atoms with Crippen molar-refractivity contribution in [3.05, 3.63) is 22.8 Å². The third kappa shape index (κ3) is 3.36. The maximum absolute atomic E-state index is 9.11. The van der Waals surface area contributed by atoms with Crippen LogP contribution in [0.15, 0.2) is 12.1 Å². The summed E-state index contributed by atoms with van der Waals surface area (Å²) >= 11 is 5.90. The molecule has 0 aliphatic heterocycles. The molecule has 4 heteroatoms. The van der Waals surface area contributed by atoms with Gasteiger partial charge in [-0.15, -0.1) is 0 Å². The molecular weight excluding hydrogens is 250 g/mol. The van der Waals surface area contributed by atoms with Gasteiger partial charge in [0.1, 0.15) is 6.10 Å². The lowest BCUT2D eigenvalue weighted by Crippen LogP contribution is -2.28. The molecule has 3 nitrogen and oxygen atoms in total. The van der Waals surface area contributed by atoms with E-state index in [-0.39, 0.29) is 12.7 Å². The van der Waals surface area contributed by atoms with Crippen molar-refractivity contribution in [1.29, 1.82) is 0 Å². The van der Waals surface area contributed by atoms with Crippen molar-refractivity contribution in [2.24, 2.45) is 5.41 Å². The van der Waals surface area contributed by atoms with E-state index in [4.69, 9.17) is 21.4 Å². The van der Waals surface area contributed by atoms with Gasteiger partial charge >= 0.3 is 0 Å². The van der Waals surface area contributed by atoms with E-state index in [0.717, 1.165) is 12.8 Å². The second-order valence-electron chi connectivity index (χ2n) is 5.72. The first-order valence-corrected chi connectivity index (χ1v) is 6.81. The van der Waals surface area contributed by atoms with E-state index in [1.807, 2.05) is 0 Å². The number of ether oxygens (including phenoxy) is 1. The molecular formula is C14H20ClNO2. The number of nitrogens with zero attached hydrogens (tertiary/aromatic N) is 1. The second-order valence-corrected chi connectivity index (χ2v) is 6.12. The topological polar surface area (TPSA) is 42.4 Å². The van der Waals surface area contributed by atoms with E-state index in [1.165, 1.54) is 12.8 Å². The Kier molecular flexibility index (Phi) is 4.13. The molecule has 1 aliphatic rings. The number of halogens is 1. The van der Waals surface area contributed by atoms with Crippen LogP contribution in [0.3, 0.4) is 0 Å². The van der Waals surface area contributed by atoms with Crippen molar-refractivity contribution < 1.29 is 9.84 Å². The summed E-state index contributed by atoms with van der Waals surface area (Å²) in [7, 11) is 0. The molecule has 0 unspecified atom stereocenters. The summed E-state index contributed by atoms with van der Waals surface area (Å²) in [6.07, 6.45) is 4.71. The molecule has 18 heavy (non-hydrogen) atoms. The fourth-order valence-electron chi connectivity index (χ4n) is 2.30. The largest absolute Gasteiger partial charge is 0.474 e. The number of aromatic nitrogens is 1. The third-order valence-corrected chi connectivity index (χ3v) is 3.96. The molecule has 0 bridgehead atoms. The van der Waals surface area contributed by atoms with E-state index < -0.39 is 0 Å². The van der Waals surface area contributed by atoms with Gasteiger partial charge < -0.3 is 9.84 Å². The highest BCUT2D eigenvalue weighted by atomic mass is 35.5. The van der Waals surface area contributed by atoms with Gasteiger partial charge in [-0.2, -0.15) is 0 Å². The normalized spacial score (nSPS) is 19.8. The predicted molar refractivity (Wildman–Crippen MR) is 71.8 cm³/mol. The maximum atomic E-state index is 9.11. The average molecular weight is 270 g/mol. The van der Waals surface area contributed by atoms with Crippen LogP contribution < -0.4 is 4.74 Å². The summed E-state index contributed by atoms with van der Waals surface area (Å²) in [5.41, 5.74) is 0.911. The minimum absolute atomic E-state index is 0.159. The lowest BCUT2D eigenvalue weighted by atomic mass is 9.76. The number of hydrogen-bond acceptors (Lipinski definition) is 3. The zero-order valence-electron chi connectivity index (χ0n) is 10.9. The lowest BCUT2D eigenvalue weighted by molar-refractivity contribution is 0.0944. The van der Waals surface area contributed by atoms with Gasteiger partial charge in [0.2, 0.25) is 5.88 Å². The lowest BCUT2D eigenvalue weighted by Gasteiger charge is -2.34.